The van der Waals surface area contributed by atoms with E-state index in [0.717, 1.165) is 12.1 Å². The van der Waals surface area contributed by atoms with Crippen LogP contribution in [-0.2, 0) is 6.42 Å². The predicted octanol–water partition coefficient (Wildman–Crippen LogP) is 1.93. The van der Waals surface area contributed by atoms with Gasteiger partial charge in [-0.05, 0) is 35.8 Å². The minimum Gasteiger partial charge on any atom is -0.325 e. The number of H-pyrrole nitrogens is 1. The van der Waals surface area contributed by atoms with Crippen LogP contribution in [0, 0.1) is 22.7 Å². The number of nitriles is 1. The summed E-state index contributed by atoms with van der Waals surface area (Å²) in [5.74, 6) is 1.18. The summed E-state index contributed by atoms with van der Waals surface area (Å²) in [6.07, 6.45) is 2.19. The molecular weight excluding hydrogens is 200 g/mol. The van der Waals surface area contributed by atoms with Gasteiger partial charge in [0.15, 0.2) is 0 Å². The van der Waals surface area contributed by atoms with Crippen molar-refractivity contribution < 1.29 is 0 Å². The largest absolute Gasteiger partial charge is 0.325 e. The highest BCUT2D eigenvalue weighted by Gasteiger charge is 2.52. The van der Waals surface area contributed by atoms with Gasteiger partial charge in [-0.2, -0.15) is 5.26 Å². The minimum absolute atomic E-state index is 0.234. The summed E-state index contributed by atoms with van der Waals surface area (Å²) in [5, 5.41) is 8.83. The first-order chi connectivity index (χ1) is 7.54. The second-order valence-corrected chi connectivity index (χ2v) is 5.57. The molecule has 3 aliphatic carbocycles. The number of aromatic nitrogens is 1. The molecule has 16 heavy (non-hydrogen) atoms. The normalized spacial score (nSPS) is 28.8. The lowest BCUT2D eigenvalue weighted by Gasteiger charge is -2.56. The Balaban J connectivity index is 2.18. The number of aromatic amines is 1. The van der Waals surface area contributed by atoms with Crippen molar-refractivity contribution in [3.63, 3.8) is 0 Å². The Hall–Kier alpha value is -1.56. The van der Waals surface area contributed by atoms with Gasteiger partial charge in [0.2, 0.25) is 0 Å². The fraction of sp³-hybridized carbons (Fsp3) is 0.538. The summed E-state index contributed by atoms with van der Waals surface area (Å²) < 4.78 is 0. The van der Waals surface area contributed by atoms with E-state index in [1.165, 1.54) is 12.0 Å². The zero-order valence-electron chi connectivity index (χ0n) is 9.50. The fourth-order valence-corrected chi connectivity index (χ4v) is 3.27. The molecule has 2 atom stereocenters. The van der Waals surface area contributed by atoms with Crippen molar-refractivity contribution in [3.8, 4) is 6.07 Å². The number of hydrogen-bond acceptors (Lipinski definition) is 2. The van der Waals surface area contributed by atoms with Crippen LogP contribution in [0.4, 0.5) is 0 Å². The van der Waals surface area contributed by atoms with Crippen LogP contribution in [0.3, 0.4) is 0 Å². The Kier molecular flexibility index (Phi) is 1.67. The predicted molar refractivity (Wildman–Crippen MR) is 60.1 cm³/mol. The second kappa shape index (κ2) is 2.76. The molecule has 82 valence electrons. The quantitative estimate of drug-likeness (QED) is 0.717. The molecule has 1 N–H and O–H groups in total. The van der Waals surface area contributed by atoms with Gasteiger partial charge in [-0.1, -0.05) is 13.8 Å². The number of nitrogens with zero attached hydrogens (tertiary/aromatic N) is 1. The van der Waals surface area contributed by atoms with Gasteiger partial charge in [-0.15, -0.1) is 0 Å². The fourth-order valence-electron chi connectivity index (χ4n) is 3.27. The van der Waals surface area contributed by atoms with Crippen molar-refractivity contribution in [3.05, 3.63) is 33.2 Å². The van der Waals surface area contributed by atoms with Gasteiger partial charge >= 0.3 is 0 Å². The number of pyridine rings is 1. The maximum Gasteiger partial charge on any atom is 0.266 e. The second-order valence-electron chi connectivity index (χ2n) is 5.57. The van der Waals surface area contributed by atoms with E-state index in [1.807, 2.05) is 6.07 Å². The summed E-state index contributed by atoms with van der Waals surface area (Å²) in [5.41, 5.74) is 2.58. The van der Waals surface area contributed by atoms with Crippen molar-refractivity contribution in [1.82, 2.24) is 4.98 Å². The van der Waals surface area contributed by atoms with Crippen LogP contribution in [0.15, 0.2) is 10.9 Å². The van der Waals surface area contributed by atoms with Crippen molar-refractivity contribution in [2.75, 3.05) is 0 Å². The van der Waals surface area contributed by atoms with E-state index in [9.17, 15) is 4.79 Å². The van der Waals surface area contributed by atoms with E-state index < -0.39 is 0 Å². The van der Waals surface area contributed by atoms with Gasteiger partial charge in [-0.3, -0.25) is 4.79 Å². The Morgan fingerprint density at radius 1 is 1.56 bits per heavy atom. The van der Waals surface area contributed by atoms with Gasteiger partial charge in [0.1, 0.15) is 11.6 Å². The first kappa shape index (κ1) is 9.65. The first-order valence-electron chi connectivity index (χ1n) is 5.70. The summed E-state index contributed by atoms with van der Waals surface area (Å²) in [7, 11) is 0. The Morgan fingerprint density at radius 3 is 2.94 bits per heavy atom. The van der Waals surface area contributed by atoms with Gasteiger partial charge in [-0.25, -0.2) is 0 Å². The van der Waals surface area contributed by atoms with Crippen LogP contribution in [0.2, 0.25) is 0 Å². The molecule has 1 aromatic heterocycles. The summed E-state index contributed by atoms with van der Waals surface area (Å²) in [6.45, 7) is 4.54. The molecular formula is C13H14N2O. The van der Waals surface area contributed by atoms with Gasteiger partial charge in [0.05, 0.1) is 0 Å². The lowest BCUT2D eigenvalue weighted by atomic mass is 9.48. The van der Waals surface area contributed by atoms with Gasteiger partial charge in [0.25, 0.3) is 5.56 Å². The maximum absolute atomic E-state index is 11.6. The molecule has 0 spiro atoms. The summed E-state index contributed by atoms with van der Waals surface area (Å²) in [4.78, 5) is 14.5. The van der Waals surface area contributed by atoms with Gasteiger partial charge in [0, 0.05) is 11.6 Å². The lowest BCUT2D eigenvalue weighted by molar-refractivity contribution is 0.0153. The Labute approximate surface area is 94.1 Å². The standard InChI is InChI=1S/C13H14N2O/c1-13(2)9-4-7-3-8(6-14)12(16)15-11(7)10(13)5-9/h3,9-10H,4-5H2,1-2H3,(H,15,16). The number of hydrogen-bond donors (Lipinski definition) is 1. The van der Waals surface area contributed by atoms with Crippen LogP contribution < -0.4 is 5.56 Å². The molecule has 0 aromatic carbocycles. The van der Waals surface area contributed by atoms with Crippen molar-refractivity contribution in [1.29, 1.82) is 5.26 Å². The van der Waals surface area contributed by atoms with E-state index in [4.69, 9.17) is 5.26 Å². The lowest BCUT2D eigenvalue weighted by Crippen LogP contribution is -2.49. The zero-order chi connectivity index (χ0) is 11.5. The SMILES string of the molecule is CC1(C)C2Cc3cc(C#N)c(=O)[nH]c3C1C2. The smallest absolute Gasteiger partial charge is 0.266 e. The minimum atomic E-state index is -0.234. The molecule has 3 nitrogen and oxygen atoms in total. The number of nitrogens with one attached hydrogen (secondary N) is 1. The third kappa shape index (κ3) is 0.996. The van der Waals surface area contributed by atoms with Crippen molar-refractivity contribution in [2.45, 2.75) is 32.6 Å². The molecule has 3 aliphatic rings. The molecule has 0 radical (unpaired) electrons. The molecule has 4 rings (SSSR count). The van der Waals surface area contributed by atoms with Gasteiger partial charge < -0.3 is 4.98 Å². The maximum atomic E-state index is 11.6. The first-order valence-corrected chi connectivity index (χ1v) is 5.70. The molecule has 2 bridgehead atoms. The molecule has 1 heterocycles. The van der Waals surface area contributed by atoms with E-state index >= 15 is 0 Å². The highest BCUT2D eigenvalue weighted by molar-refractivity contribution is 5.40. The number of rotatable bonds is 0. The molecule has 0 aliphatic heterocycles. The summed E-state index contributed by atoms with van der Waals surface area (Å²) >= 11 is 0. The van der Waals surface area contributed by atoms with E-state index in [0.29, 0.717) is 17.3 Å². The molecule has 1 aromatic rings. The molecule has 0 amide bonds. The van der Waals surface area contributed by atoms with E-state index in [-0.39, 0.29) is 11.1 Å². The summed E-state index contributed by atoms with van der Waals surface area (Å²) in [6, 6.07) is 3.73. The van der Waals surface area contributed by atoms with E-state index in [2.05, 4.69) is 18.8 Å². The highest BCUT2D eigenvalue weighted by atomic mass is 16.1. The third-order valence-corrected chi connectivity index (χ3v) is 4.56. The molecule has 0 saturated heterocycles. The van der Waals surface area contributed by atoms with Crippen LogP contribution in [0.5, 0.6) is 0 Å². The molecule has 1 fully saturated rings. The topological polar surface area (TPSA) is 56.6 Å². The van der Waals surface area contributed by atoms with Crippen LogP contribution in [0.1, 0.15) is 43.0 Å². The van der Waals surface area contributed by atoms with Crippen LogP contribution in [0.25, 0.3) is 0 Å². The zero-order valence-corrected chi connectivity index (χ0v) is 9.50. The van der Waals surface area contributed by atoms with Crippen LogP contribution >= 0.6 is 0 Å². The Bertz CT molecular complexity index is 562. The van der Waals surface area contributed by atoms with Crippen molar-refractivity contribution in [2.24, 2.45) is 11.3 Å². The monoisotopic (exact) mass is 214 g/mol. The average molecular weight is 214 g/mol. The van der Waals surface area contributed by atoms with Crippen LogP contribution in [-0.4, -0.2) is 4.98 Å². The molecule has 1 saturated carbocycles. The van der Waals surface area contributed by atoms with Crippen molar-refractivity contribution >= 4 is 0 Å². The Morgan fingerprint density at radius 2 is 2.31 bits per heavy atom. The van der Waals surface area contributed by atoms with E-state index in [1.54, 1.807) is 6.07 Å². The molecule has 2 unspecified atom stereocenters. The average Bonchev–Trinajstić information content (AvgIpc) is 2.26. The molecule has 3 heteroatoms. The third-order valence-electron chi connectivity index (χ3n) is 4.56. The highest BCUT2D eigenvalue weighted by Crippen LogP contribution is 2.61.